The number of phenols is 1. The molecule has 28 heavy (non-hydrogen) atoms. The molecule has 1 aliphatic heterocycles. The molecule has 8 heteroatoms. The second-order valence-electron chi connectivity index (χ2n) is 6.75. The van der Waals surface area contributed by atoms with Gasteiger partial charge in [0.1, 0.15) is 5.82 Å². The highest BCUT2D eigenvalue weighted by molar-refractivity contribution is 14.0. The Morgan fingerprint density at radius 2 is 2.04 bits per heavy atom. The lowest BCUT2D eigenvalue weighted by Gasteiger charge is -2.34. The van der Waals surface area contributed by atoms with E-state index in [1.54, 1.807) is 13.1 Å². The second-order valence-corrected chi connectivity index (χ2v) is 6.75. The van der Waals surface area contributed by atoms with E-state index in [1.807, 2.05) is 19.1 Å². The molecule has 1 aliphatic rings. The number of halogens is 2. The Labute approximate surface area is 182 Å². The van der Waals surface area contributed by atoms with Gasteiger partial charge in [-0.25, -0.2) is 9.37 Å². The van der Waals surface area contributed by atoms with Crippen LogP contribution in [0.1, 0.15) is 24.1 Å². The smallest absolute Gasteiger partial charge is 0.191 e. The van der Waals surface area contributed by atoms with Crippen molar-refractivity contribution in [3.05, 3.63) is 53.5 Å². The molecule has 0 saturated carbocycles. The third-order valence-electron chi connectivity index (χ3n) is 4.73. The molecule has 0 atom stereocenters. The zero-order chi connectivity index (χ0) is 19.2. The molecule has 2 heterocycles. The van der Waals surface area contributed by atoms with Gasteiger partial charge in [0.05, 0.1) is 0 Å². The number of rotatable bonds is 4. The molecule has 1 aromatic heterocycles. The van der Waals surface area contributed by atoms with Crippen LogP contribution in [-0.4, -0.2) is 42.2 Å². The molecule has 1 aromatic carbocycles. The SMILES string of the molecule is CN=C(NCc1ccc(O)c(F)c1)NC1CCN(c2cccc(C)n2)CC1.I. The maximum atomic E-state index is 13.4. The number of piperidine rings is 1. The molecule has 1 saturated heterocycles. The summed E-state index contributed by atoms with van der Waals surface area (Å²) < 4.78 is 13.4. The van der Waals surface area contributed by atoms with Gasteiger partial charge in [-0.05, 0) is 49.6 Å². The zero-order valence-electron chi connectivity index (χ0n) is 16.2. The van der Waals surface area contributed by atoms with Crippen molar-refractivity contribution in [3.8, 4) is 5.75 Å². The number of pyridine rings is 1. The molecule has 1 fully saturated rings. The maximum absolute atomic E-state index is 13.4. The molecule has 0 unspecified atom stereocenters. The van der Waals surface area contributed by atoms with Crippen LogP contribution < -0.4 is 15.5 Å². The number of nitrogens with zero attached hydrogens (tertiary/aromatic N) is 3. The number of nitrogens with one attached hydrogen (secondary N) is 2. The Hall–Kier alpha value is -2.10. The molecule has 152 valence electrons. The van der Waals surface area contributed by atoms with Crippen molar-refractivity contribution in [1.82, 2.24) is 15.6 Å². The number of benzene rings is 1. The Balaban J connectivity index is 0.00000280. The van der Waals surface area contributed by atoms with Gasteiger partial charge in [0, 0.05) is 38.4 Å². The summed E-state index contributed by atoms with van der Waals surface area (Å²) in [7, 11) is 1.72. The molecule has 0 bridgehead atoms. The summed E-state index contributed by atoms with van der Waals surface area (Å²) in [6, 6.07) is 10.8. The predicted octanol–water partition coefficient (Wildman–Crippen LogP) is 3.19. The van der Waals surface area contributed by atoms with Crippen molar-refractivity contribution in [2.24, 2.45) is 4.99 Å². The highest BCUT2D eigenvalue weighted by Gasteiger charge is 2.21. The summed E-state index contributed by atoms with van der Waals surface area (Å²) in [6.07, 6.45) is 1.98. The van der Waals surface area contributed by atoms with Gasteiger partial charge >= 0.3 is 0 Å². The Morgan fingerprint density at radius 3 is 2.68 bits per heavy atom. The third-order valence-corrected chi connectivity index (χ3v) is 4.73. The number of hydrogen-bond donors (Lipinski definition) is 3. The number of aromatic hydroxyl groups is 1. The molecule has 0 radical (unpaired) electrons. The number of aliphatic imine (C=N–C) groups is 1. The summed E-state index contributed by atoms with van der Waals surface area (Å²) in [6.45, 7) is 4.32. The quantitative estimate of drug-likeness (QED) is 0.343. The number of anilines is 1. The number of phenolic OH excluding ortho intramolecular Hbond substituents is 1. The topological polar surface area (TPSA) is 72.8 Å². The summed E-state index contributed by atoms with van der Waals surface area (Å²) >= 11 is 0. The van der Waals surface area contributed by atoms with Gasteiger partial charge in [0.25, 0.3) is 0 Å². The largest absolute Gasteiger partial charge is 0.505 e. The Morgan fingerprint density at radius 1 is 1.29 bits per heavy atom. The summed E-state index contributed by atoms with van der Waals surface area (Å²) in [5, 5.41) is 15.9. The van der Waals surface area contributed by atoms with E-state index in [9.17, 15) is 9.50 Å². The van der Waals surface area contributed by atoms with Crippen molar-refractivity contribution in [2.45, 2.75) is 32.4 Å². The van der Waals surface area contributed by atoms with Crippen molar-refractivity contribution >= 4 is 35.8 Å². The van der Waals surface area contributed by atoms with E-state index in [4.69, 9.17) is 0 Å². The molecule has 0 aliphatic carbocycles. The van der Waals surface area contributed by atoms with Crippen LogP contribution in [0.5, 0.6) is 5.75 Å². The lowest BCUT2D eigenvalue weighted by Crippen LogP contribution is -2.48. The van der Waals surface area contributed by atoms with Crippen LogP contribution in [0.15, 0.2) is 41.4 Å². The van der Waals surface area contributed by atoms with E-state index in [-0.39, 0.29) is 29.7 Å². The van der Waals surface area contributed by atoms with Gasteiger partial charge in [-0.2, -0.15) is 0 Å². The van der Waals surface area contributed by atoms with Crippen LogP contribution in [0.2, 0.25) is 0 Å². The number of guanidine groups is 1. The standard InChI is InChI=1S/C20H26FN5O.HI/c1-14-4-3-5-19(24-14)26-10-8-16(9-11-26)25-20(22-2)23-13-15-6-7-18(27)17(21)12-15;/h3-7,12,16,27H,8-11,13H2,1-2H3,(H2,22,23,25);1H. The van der Waals surface area contributed by atoms with Crippen molar-refractivity contribution < 1.29 is 9.50 Å². The fraction of sp³-hybridized carbons (Fsp3) is 0.400. The minimum Gasteiger partial charge on any atom is -0.505 e. The van der Waals surface area contributed by atoms with E-state index in [0.717, 1.165) is 43.0 Å². The summed E-state index contributed by atoms with van der Waals surface area (Å²) in [5.74, 6) is 0.770. The Bertz CT molecular complexity index is 809. The normalized spacial score (nSPS) is 15.1. The van der Waals surface area contributed by atoms with Crippen molar-refractivity contribution in [3.63, 3.8) is 0 Å². The minimum absolute atomic E-state index is 0. The molecule has 3 N–H and O–H groups in total. The van der Waals surface area contributed by atoms with E-state index in [1.165, 1.54) is 12.1 Å². The lowest BCUT2D eigenvalue weighted by atomic mass is 10.1. The average Bonchev–Trinajstić information content (AvgIpc) is 2.68. The van der Waals surface area contributed by atoms with Crippen LogP contribution in [0.4, 0.5) is 10.2 Å². The van der Waals surface area contributed by atoms with E-state index in [2.05, 4.69) is 31.6 Å². The highest BCUT2D eigenvalue weighted by Crippen LogP contribution is 2.18. The van der Waals surface area contributed by atoms with E-state index >= 15 is 0 Å². The minimum atomic E-state index is -0.616. The fourth-order valence-electron chi connectivity index (χ4n) is 3.19. The summed E-state index contributed by atoms with van der Waals surface area (Å²) in [5.41, 5.74) is 1.77. The molecule has 6 nitrogen and oxygen atoms in total. The van der Waals surface area contributed by atoms with E-state index < -0.39 is 5.82 Å². The average molecular weight is 499 g/mol. The molecular formula is C20H27FIN5O. The lowest BCUT2D eigenvalue weighted by molar-refractivity contribution is 0.431. The van der Waals surface area contributed by atoms with Gasteiger partial charge in [-0.15, -0.1) is 24.0 Å². The number of hydrogen-bond acceptors (Lipinski definition) is 4. The number of aromatic nitrogens is 1. The van der Waals surface area contributed by atoms with Crippen LogP contribution in [-0.2, 0) is 6.54 Å². The van der Waals surface area contributed by atoms with Gasteiger partial charge in [0.2, 0.25) is 0 Å². The predicted molar refractivity (Wildman–Crippen MR) is 121 cm³/mol. The maximum Gasteiger partial charge on any atom is 0.191 e. The third kappa shape index (κ3) is 5.95. The first kappa shape index (κ1) is 22.2. The molecule has 0 amide bonds. The zero-order valence-corrected chi connectivity index (χ0v) is 18.5. The fourth-order valence-corrected chi connectivity index (χ4v) is 3.19. The first-order chi connectivity index (χ1) is 13.0. The summed E-state index contributed by atoms with van der Waals surface area (Å²) in [4.78, 5) is 11.2. The van der Waals surface area contributed by atoms with Crippen LogP contribution >= 0.6 is 24.0 Å². The van der Waals surface area contributed by atoms with Crippen molar-refractivity contribution in [1.29, 1.82) is 0 Å². The van der Waals surface area contributed by atoms with Gasteiger partial charge in [0.15, 0.2) is 17.5 Å². The Kier molecular flexibility index (Phi) is 8.28. The second kappa shape index (κ2) is 10.4. The van der Waals surface area contributed by atoms with Crippen LogP contribution in [0.3, 0.4) is 0 Å². The molecule has 3 rings (SSSR count). The van der Waals surface area contributed by atoms with Crippen LogP contribution in [0.25, 0.3) is 0 Å². The first-order valence-electron chi connectivity index (χ1n) is 9.18. The highest BCUT2D eigenvalue weighted by atomic mass is 127. The van der Waals surface area contributed by atoms with Crippen LogP contribution in [0, 0.1) is 12.7 Å². The van der Waals surface area contributed by atoms with Gasteiger partial charge < -0.3 is 20.6 Å². The van der Waals surface area contributed by atoms with E-state index in [0.29, 0.717) is 18.5 Å². The van der Waals surface area contributed by atoms with Crippen molar-refractivity contribution in [2.75, 3.05) is 25.0 Å². The molecular weight excluding hydrogens is 472 g/mol. The monoisotopic (exact) mass is 499 g/mol. The molecule has 2 aromatic rings. The first-order valence-corrected chi connectivity index (χ1v) is 9.18. The molecule has 0 spiro atoms. The number of aryl methyl sites for hydroxylation is 1. The van der Waals surface area contributed by atoms with Gasteiger partial charge in [-0.3, -0.25) is 4.99 Å². The van der Waals surface area contributed by atoms with Gasteiger partial charge in [-0.1, -0.05) is 12.1 Å².